The number of aliphatic imine (C=N–C) groups is 1. The van der Waals surface area contributed by atoms with E-state index in [1.165, 1.54) is 0 Å². The minimum atomic E-state index is 0.465. The fourth-order valence-electron chi connectivity index (χ4n) is 2.09. The molecule has 21 heavy (non-hydrogen) atoms. The number of aryl methyl sites for hydroxylation is 1. The molecule has 0 fully saturated rings. The van der Waals surface area contributed by atoms with Crippen LogP contribution in [0.4, 0.5) is 5.69 Å². The molecule has 3 nitrogen and oxygen atoms in total. The number of hydrogen-bond acceptors (Lipinski definition) is 3. The predicted octanol–water partition coefficient (Wildman–Crippen LogP) is 4.63. The first-order chi connectivity index (χ1) is 9.94. The van der Waals surface area contributed by atoms with Gasteiger partial charge in [0.1, 0.15) is 10.9 Å². The number of ether oxygens (including phenoxy) is 1. The fourth-order valence-corrected chi connectivity index (χ4v) is 2.42. The third kappa shape index (κ3) is 4.55. The number of halogens is 1. The van der Waals surface area contributed by atoms with E-state index in [0.717, 1.165) is 35.2 Å². The number of thiocarbonyl (C=S) groups is 1. The van der Waals surface area contributed by atoms with Crippen molar-refractivity contribution in [2.45, 2.75) is 26.7 Å². The van der Waals surface area contributed by atoms with Gasteiger partial charge < -0.3 is 10.1 Å². The number of benzene rings is 1. The largest absolute Gasteiger partial charge is 0.497 e. The number of anilines is 1. The molecular formula is C16H21ClN2OS. The van der Waals surface area contributed by atoms with Gasteiger partial charge in [0.25, 0.3) is 0 Å². The lowest BCUT2D eigenvalue weighted by Crippen LogP contribution is -2.11. The summed E-state index contributed by atoms with van der Waals surface area (Å²) in [7, 11) is 3.28. The molecule has 114 valence electrons. The lowest BCUT2D eigenvalue weighted by Gasteiger charge is -2.17. The molecule has 0 aromatic heterocycles. The highest BCUT2D eigenvalue weighted by molar-refractivity contribution is 7.80. The van der Waals surface area contributed by atoms with Crippen LogP contribution in [0.3, 0.4) is 0 Å². The molecule has 0 radical (unpaired) electrons. The van der Waals surface area contributed by atoms with Crippen LogP contribution in [-0.4, -0.2) is 24.3 Å². The highest BCUT2D eigenvalue weighted by Crippen LogP contribution is 2.29. The van der Waals surface area contributed by atoms with E-state index >= 15 is 0 Å². The average Bonchev–Trinajstić information content (AvgIpc) is 2.45. The molecule has 0 bridgehead atoms. The first kappa shape index (κ1) is 17.7. The van der Waals surface area contributed by atoms with Crippen molar-refractivity contribution in [3.63, 3.8) is 0 Å². The summed E-state index contributed by atoms with van der Waals surface area (Å²) in [6, 6.07) is 3.98. The molecule has 1 aromatic rings. The quantitative estimate of drug-likeness (QED) is 0.470. The summed E-state index contributed by atoms with van der Waals surface area (Å²) < 4.78 is 5.24. The van der Waals surface area contributed by atoms with Crippen LogP contribution < -0.4 is 5.32 Å². The SMILES string of the molecule is C=C(OC)c1cc(CCC)c(/C(Cl)=N\C)c(NC(C)=S)c1. The Morgan fingerprint density at radius 1 is 1.48 bits per heavy atom. The van der Waals surface area contributed by atoms with E-state index in [2.05, 4.69) is 23.8 Å². The Labute approximate surface area is 137 Å². The second-order valence-corrected chi connectivity index (χ2v) is 5.60. The van der Waals surface area contributed by atoms with E-state index in [9.17, 15) is 0 Å². The van der Waals surface area contributed by atoms with Crippen LogP contribution in [0.1, 0.15) is 37.0 Å². The molecule has 0 aliphatic carbocycles. The van der Waals surface area contributed by atoms with Crippen LogP contribution in [0.25, 0.3) is 5.76 Å². The van der Waals surface area contributed by atoms with Gasteiger partial charge in [-0.2, -0.15) is 0 Å². The van der Waals surface area contributed by atoms with Gasteiger partial charge in [-0.1, -0.05) is 43.7 Å². The first-order valence-corrected chi connectivity index (χ1v) is 7.53. The van der Waals surface area contributed by atoms with Crippen molar-refractivity contribution in [2.75, 3.05) is 19.5 Å². The molecule has 0 aliphatic rings. The van der Waals surface area contributed by atoms with E-state index in [0.29, 0.717) is 15.9 Å². The van der Waals surface area contributed by atoms with Crippen molar-refractivity contribution in [1.29, 1.82) is 0 Å². The Hall–Kier alpha value is -1.39. The van der Waals surface area contributed by atoms with Gasteiger partial charge in [-0.05, 0) is 31.0 Å². The Morgan fingerprint density at radius 2 is 2.14 bits per heavy atom. The fraction of sp³-hybridized carbons (Fsp3) is 0.375. The number of methoxy groups -OCH3 is 1. The molecule has 0 unspecified atom stereocenters. The Balaban J connectivity index is 3.56. The zero-order chi connectivity index (χ0) is 16.0. The van der Waals surface area contributed by atoms with E-state index in [4.69, 9.17) is 28.6 Å². The summed E-state index contributed by atoms with van der Waals surface area (Å²) >= 11 is 11.5. The standard InChI is InChI=1S/C16H21ClN2OS/c1-6-7-12-8-13(10(2)20-5)9-14(19-11(3)21)15(12)16(17)18-4/h8-9H,2,6-7H2,1,3-5H3,(H,19,21)/b18-16+. The predicted molar refractivity (Wildman–Crippen MR) is 96.7 cm³/mol. The Bertz CT molecular complexity index is 582. The van der Waals surface area contributed by atoms with Crippen LogP contribution >= 0.6 is 23.8 Å². The minimum absolute atomic E-state index is 0.465. The van der Waals surface area contributed by atoms with Crippen molar-refractivity contribution < 1.29 is 4.74 Å². The van der Waals surface area contributed by atoms with Crippen LogP contribution in [0, 0.1) is 0 Å². The molecule has 1 aromatic carbocycles. The van der Waals surface area contributed by atoms with Crippen LogP contribution in [0.2, 0.25) is 0 Å². The van der Waals surface area contributed by atoms with E-state index < -0.39 is 0 Å². The number of nitrogens with zero attached hydrogens (tertiary/aromatic N) is 1. The van der Waals surface area contributed by atoms with Crippen LogP contribution in [0.15, 0.2) is 23.7 Å². The van der Waals surface area contributed by atoms with Gasteiger partial charge in [-0.15, -0.1) is 0 Å². The smallest absolute Gasteiger partial charge is 0.132 e. The van der Waals surface area contributed by atoms with Crippen molar-refractivity contribution in [2.24, 2.45) is 4.99 Å². The number of hydrogen-bond donors (Lipinski definition) is 1. The average molecular weight is 325 g/mol. The Kier molecular flexibility index (Phi) is 6.85. The second-order valence-electron chi connectivity index (χ2n) is 4.63. The zero-order valence-corrected chi connectivity index (χ0v) is 14.5. The number of rotatable bonds is 6. The third-order valence-corrected chi connectivity index (χ3v) is 3.48. The van der Waals surface area contributed by atoms with E-state index in [1.807, 2.05) is 19.1 Å². The van der Waals surface area contributed by atoms with Gasteiger partial charge in [-0.25, -0.2) is 0 Å². The molecule has 0 spiro atoms. The van der Waals surface area contributed by atoms with Gasteiger partial charge in [0.2, 0.25) is 0 Å². The second kappa shape index (κ2) is 8.15. The van der Waals surface area contributed by atoms with Gasteiger partial charge in [-0.3, -0.25) is 4.99 Å². The summed E-state index contributed by atoms with van der Waals surface area (Å²) in [5.74, 6) is 0.605. The van der Waals surface area contributed by atoms with Gasteiger partial charge in [0, 0.05) is 18.2 Å². The molecule has 0 aliphatic heterocycles. The molecule has 1 rings (SSSR count). The maximum absolute atomic E-state index is 6.30. The number of nitrogens with one attached hydrogen (secondary N) is 1. The zero-order valence-electron chi connectivity index (χ0n) is 12.9. The highest BCUT2D eigenvalue weighted by Gasteiger charge is 2.16. The molecule has 0 amide bonds. The molecule has 5 heteroatoms. The lowest BCUT2D eigenvalue weighted by molar-refractivity contribution is 0.371. The normalized spacial score (nSPS) is 11.2. The van der Waals surface area contributed by atoms with Crippen molar-refractivity contribution in [1.82, 2.24) is 0 Å². The Morgan fingerprint density at radius 3 is 2.62 bits per heavy atom. The summed E-state index contributed by atoms with van der Waals surface area (Å²) in [6.07, 6.45) is 1.89. The molecule has 0 atom stereocenters. The van der Waals surface area contributed by atoms with Crippen LogP contribution in [-0.2, 0) is 11.2 Å². The van der Waals surface area contributed by atoms with Crippen molar-refractivity contribution >= 4 is 45.4 Å². The maximum Gasteiger partial charge on any atom is 0.132 e. The third-order valence-electron chi connectivity index (χ3n) is 3.02. The van der Waals surface area contributed by atoms with E-state index in [-0.39, 0.29) is 0 Å². The minimum Gasteiger partial charge on any atom is -0.497 e. The van der Waals surface area contributed by atoms with Crippen LogP contribution in [0.5, 0.6) is 0 Å². The topological polar surface area (TPSA) is 33.6 Å². The highest BCUT2D eigenvalue weighted by atomic mass is 35.5. The van der Waals surface area contributed by atoms with E-state index in [1.54, 1.807) is 14.2 Å². The van der Waals surface area contributed by atoms with Crippen molar-refractivity contribution in [3.05, 3.63) is 35.4 Å². The summed E-state index contributed by atoms with van der Waals surface area (Å²) in [6.45, 7) is 7.86. The summed E-state index contributed by atoms with van der Waals surface area (Å²) in [4.78, 5) is 4.78. The summed E-state index contributed by atoms with van der Waals surface area (Å²) in [5.41, 5.74) is 3.72. The monoisotopic (exact) mass is 324 g/mol. The van der Waals surface area contributed by atoms with Gasteiger partial charge >= 0.3 is 0 Å². The summed E-state index contributed by atoms with van der Waals surface area (Å²) in [5, 5.41) is 3.64. The molecular weight excluding hydrogens is 304 g/mol. The molecule has 0 heterocycles. The van der Waals surface area contributed by atoms with Gasteiger partial charge in [0.15, 0.2) is 0 Å². The maximum atomic E-state index is 6.30. The first-order valence-electron chi connectivity index (χ1n) is 6.75. The van der Waals surface area contributed by atoms with Crippen molar-refractivity contribution in [3.8, 4) is 0 Å². The molecule has 0 saturated heterocycles. The lowest BCUT2D eigenvalue weighted by atomic mass is 9.97. The molecule has 0 saturated carbocycles. The molecule has 1 N–H and O–H groups in total. The van der Waals surface area contributed by atoms with Gasteiger partial charge in [0.05, 0.1) is 17.8 Å².